The average Bonchev–Trinajstić information content (AvgIpc) is 2.93. The molecule has 2 amide bonds. The van der Waals surface area contributed by atoms with Gasteiger partial charge in [0.1, 0.15) is 0 Å². The molecule has 7 heteroatoms. The van der Waals surface area contributed by atoms with Crippen LogP contribution < -0.4 is 15.5 Å². The summed E-state index contributed by atoms with van der Waals surface area (Å²) in [5.74, 6) is -0.169. The molecule has 0 aliphatic carbocycles. The number of amides is 2. The molecule has 0 bridgehead atoms. The van der Waals surface area contributed by atoms with E-state index in [2.05, 4.69) is 15.5 Å². The first-order valence-electron chi connectivity index (χ1n) is 11.9. The smallest absolute Gasteiger partial charge is 0.258 e. The lowest BCUT2D eigenvalue weighted by atomic mass is 10.0. The maximum Gasteiger partial charge on any atom is 0.258 e. The van der Waals surface area contributed by atoms with Crippen LogP contribution in [0.15, 0.2) is 97.1 Å². The van der Waals surface area contributed by atoms with E-state index >= 15 is 0 Å². The first-order valence-corrected chi connectivity index (χ1v) is 12.3. The van der Waals surface area contributed by atoms with Gasteiger partial charge in [-0.3, -0.25) is 14.9 Å². The molecular formula is C29H26N4O2S. The number of anilines is 2. The fourth-order valence-corrected chi connectivity index (χ4v) is 4.65. The third-order valence-electron chi connectivity index (χ3n) is 6.34. The second-order valence-corrected chi connectivity index (χ2v) is 9.04. The van der Waals surface area contributed by atoms with Crippen LogP contribution in [-0.4, -0.2) is 48.0 Å². The lowest BCUT2D eigenvalue weighted by Gasteiger charge is -2.36. The Morgan fingerprint density at radius 3 is 2.14 bits per heavy atom. The van der Waals surface area contributed by atoms with Crippen LogP contribution in [0.5, 0.6) is 0 Å². The third kappa shape index (κ3) is 5.21. The van der Waals surface area contributed by atoms with E-state index in [0.717, 1.165) is 40.8 Å². The Morgan fingerprint density at radius 2 is 1.39 bits per heavy atom. The zero-order valence-corrected chi connectivity index (χ0v) is 20.5. The fraction of sp³-hybridized carbons (Fsp3) is 0.138. The number of benzene rings is 4. The van der Waals surface area contributed by atoms with Gasteiger partial charge in [0, 0.05) is 48.7 Å². The minimum absolute atomic E-state index is 0.0776. The van der Waals surface area contributed by atoms with E-state index in [1.54, 1.807) is 6.07 Å². The number of thiocarbonyl (C=S) groups is 1. The molecule has 0 radical (unpaired) electrons. The molecule has 0 spiro atoms. The molecule has 4 aromatic rings. The fourth-order valence-electron chi connectivity index (χ4n) is 4.44. The second-order valence-electron chi connectivity index (χ2n) is 8.63. The van der Waals surface area contributed by atoms with Crippen molar-refractivity contribution in [2.24, 2.45) is 0 Å². The highest BCUT2D eigenvalue weighted by Crippen LogP contribution is 2.21. The molecular weight excluding hydrogens is 468 g/mol. The van der Waals surface area contributed by atoms with Crippen LogP contribution in [-0.2, 0) is 0 Å². The van der Waals surface area contributed by atoms with Gasteiger partial charge in [0.25, 0.3) is 11.8 Å². The molecule has 1 fully saturated rings. The number of fused-ring (bicyclic) bond motifs is 1. The van der Waals surface area contributed by atoms with Gasteiger partial charge < -0.3 is 15.1 Å². The van der Waals surface area contributed by atoms with Crippen molar-refractivity contribution in [3.8, 4) is 0 Å². The maximum atomic E-state index is 12.8. The summed E-state index contributed by atoms with van der Waals surface area (Å²) in [6.07, 6.45) is 0. The van der Waals surface area contributed by atoms with Crippen LogP contribution in [0.4, 0.5) is 11.4 Å². The molecule has 6 nitrogen and oxygen atoms in total. The van der Waals surface area contributed by atoms with Gasteiger partial charge in [-0.15, -0.1) is 0 Å². The van der Waals surface area contributed by atoms with Crippen molar-refractivity contribution in [2.45, 2.75) is 0 Å². The third-order valence-corrected chi connectivity index (χ3v) is 6.54. The molecule has 1 aliphatic heterocycles. The number of carbonyl (C=O) groups excluding carboxylic acids is 2. The molecule has 0 aromatic heterocycles. The Kier molecular flexibility index (Phi) is 6.91. The van der Waals surface area contributed by atoms with Gasteiger partial charge in [0.05, 0.1) is 0 Å². The molecule has 2 N–H and O–H groups in total. The van der Waals surface area contributed by atoms with Crippen molar-refractivity contribution in [1.29, 1.82) is 0 Å². The number of hydrogen-bond acceptors (Lipinski definition) is 4. The lowest BCUT2D eigenvalue weighted by molar-refractivity contribution is 0.0746. The van der Waals surface area contributed by atoms with E-state index in [9.17, 15) is 9.59 Å². The predicted molar refractivity (Wildman–Crippen MR) is 149 cm³/mol. The van der Waals surface area contributed by atoms with Crippen molar-refractivity contribution >= 4 is 51.3 Å². The van der Waals surface area contributed by atoms with Crippen molar-refractivity contribution in [1.82, 2.24) is 10.2 Å². The molecule has 1 aliphatic rings. The van der Waals surface area contributed by atoms with Gasteiger partial charge in [-0.25, -0.2) is 0 Å². The van der Waals surface area contributed by atoms with E-state index in [1.165, 1.54) is 0 Å². The standard InChI is InChI=1S/C29H26N4O2S/c34-27(26-12-6-10-21-7-4-5-11-25(21)26)31-29(36)30-23-13-15-24(16-14-23)32-17-19-33(20-18-32)28(35)22-8-2-1-3-9-22/h1-16H,17-20H2,(H2,30,31,34,36). The summed E-state index contributed by atoms with van der Waals surface area (Å²) < 4.78 is 0. The Balaban J connectivity index is 1.15. The highest BCUT2D eigenvalue weighted by molar-refractivity contribution is 7.80. The molecule has 5 rings (SSSR count). The summed E-state index contributed by atoms with van der Waals surface area (Å²) in [6, 6.07) is 30.7. The van der Waals surface area contributed by atoms with E-state index in [1.807, 2.05) is 95.9 Å². The van der Waals surface area contributed by atoms with E-state index in [4.69, 9.17) is 12.2 Å². The summed E-state index contributed by atoms with van der Waals surface area (Å²) in [5.41, 5.74) is 3.18. The number of carbonyl (C=O) groups is 2. The molecule has 4 aromatic carbocycles. The number of piperazine rings is 1. The van der Waals surface area contributed by atoms with Gasteiger partial charge in [0.15, 0.2) is 5.11 Å². The molecule has 0 saturated carbocycles. The monoisotopic (exact) mass is 494 g/mol. The van der Waals surface area contributed by atoms with Crippen LogP contribution in [0.25, 0.3) is 10.8 Å². The van der Waals surface area contributed by atoms with Crippen molar-refractivity contribution in [3.63, 3.8) is 0 Å². The highest BCUT2D eigenvalue weighted by Gasteiger charge is 2.22. The zero-order valence-electron chi connectivity index (χ0n) is 19.7. The highest BCUT2D eigenvalue weighted by atomic mass is 32.1. The maximum absolute atomic E-state index is 12.8. The molecule has 0 unspecified atom stereocenters. The summed E-state index contributed by atoms with van der Waals surface area (Å²) >= 11 is 5.38. The Labute approximate surface area is 215 Å². The van der Waals surface area contributed by atoms with Crippen molar-refractivity contribution in [2.75, 3.05) is 36.4 Å². The SMILES string of the molecule is O=C(NC(=S)Nc1ccc(N2CCN(C(=O)c3ccccc3)CC2)cc1)c1cccc2ccccc12. The van der Waals surface area contributed by atoms with E-state index in [-0.39, 0.29) is 16.9 Å². The summed E-state index contributed by atoms with van der Waals surface area (Å²) in [7, 11) is 0. The van der Waals surface area contributed by atoms with Crippen LogP contribution in [0, 0.1) is 0 Å². The second kappa shape index (κ2) is 10.6. The van der Waals surface area contributed by atoms with Crippen LogP contribution in [0.2, 0.25) is 0 Å². The van der Waals surface area contributed by atoms with E-state index < -0.39 is 0 Å². The summed E-state index contributed by atoms with van der Waals surface area (Å²) in [5, 5.41) is 8.00. The Bertz CT molecular complexity index is 1390. The molecule has 180 valence electrons. The molecule has 36 heavy (non-hydrogen) atoms. The predicted octanol–water partition coefficient (Wildman–Crippen LogP) is 4.93. The largest absolute Gasteiger partial charge is 0.368 e. The first-order chi connectivity index (χ1) is 17.6. The number of rotatable bonds is 4. The normalized spacial score (nSPS) is 13.3. The van der Waals surface area contributed by atoms with Gasteiger partial charge in [-0.2, -0.15) is 0 Å². The topological polar surface area (TPSA) is 64.7 Å². The Morgan fingerprint density at radius 1 is 0.722 bits per heavy atom. The lowest BCUT2D eigenvalue weighted by Crippen LogP contribution is -2.48. The molecule has 0 atom stereocenters. The van der Waals surface area contributed by atoms with Crippen LogP contribution >= 0.6 is 12.2 Å². The summed E-state index contributed by atoms with van der Waals surface area (Å²) in [6.45, 7) is 2.89. The number of nitrogens with one attached hydrogen (secondary N) is 2. The van der Waals surface area contributed by atoms with Gasteiger partial charge in [-0.05, 0) is 65.5 Å². The first kappa shape index (κ1) is 23.5. The zero-order chi connectivity index (χ0) is 24.9. The molecule has 1 saturated heterocycles. The van der Waals surface area contributed by atoms with Gasteiger partial charge in [-0.1, -0.05) is 54.6 Å². The quantitative estimate of drug-likeness (QED) is 0.394. The average molecular weight is 495 g/mol. The minimum Gasteiger partial charge on any atom is -0.368 e. The van der Waals surface area contributed by atoms with Gasteiger partial charge >= 0.3 is 0 Å². The summed E-state index contributed by atoms with van der Waals surface area (Å²) in [4.78, 5) is 29.7. The molecule has 1 heterocycles. The number of nitrogens with zero attached hydrogens (tertiary/aromatic N) is 2. The van der Waals surface area contributed by atoms with E-state index in [0.29, 0.717) is 18.7 Å². The number of hydrogen-bond donors (Lipinski definition) is 2. The van der Waals surface area contributed by atoms with Crippen molar-refractivity contribution in [3.05, 3.63) is 108 Å². The van der Waals surface area contributed by atoms with Crippen LogP contribution in [0.1, 0.15) is 20.7 Å². The van der Waals surface area contributed by atoms with Crippen molar-refractivity contribution < 1.29 is 9.59 Å². The minimum atomic E-state index is -0.246. The van der Waals surface area contributed by atoms with Crippen LogP contribution in [0.3, 0.4) is 0 Å². The van der Waals surface area contributed by atoms with Gasteiger partial charge in [0.2, 0.25) is 0 Å². The Hall–Kier alpha value is -4.23.